The molecule has 1 heterocycles. The normalized spacial score (nSPS) is 11.0. The molecule has 0 aromatic carbocycles. The van der Waals surface area contributed by atoms with Crippen molar-refractivity contribution in [3.05, 3.63) is 21.8 Å². The average molecular weight is 283 g/mol. The minimum absolute atomic E-state index is 0.164. The van der Waals surface area contributed by atoms with Crippen LogP contribution in [0.4, 0.5) is 0 Å². The predicted molar refractivity (Wildman–Crippen MR) is 85.0 cm³/mol. The second kappa shape index (κ2) is 11.3. The van der Waals surface area contributed by atoms with Crippen LogP contribution in [0.1, 0.15) is 77.6 Å². The SMILES string of the molecule is CCCCCCCCCCCCCn1sccc1=O. The minimum Gasteiger partial charge on any atom is -0.268 e. The Labute approximate surface area is 122 Å². The fourth-order valence-electron chi connectivity index (χ4n) is 2.38. The topological polar surface area (TPSA) is 22.0 Å². The number of hydrogen-bond acceptors (Lipinski definition) is 2. The van der Waals surface area contributed by atoms with Crippen LogP contribution in [0.3, 0.4) is 0 Å². The maximum absolute atomic E-state index is 11.3. The summed E-state index contributed by atoms with van der Waals surface area (Å²) in [7, 11) is 0. The second-order valence-corrected chi connectivity index (χ2v) is 6.31. The lowest BCUT2D eigenvalue weighted by molar-refractivity contribution is 0.536. The number of aryl methyl sites for hydroxylation is 1. The van der Waals surface area contributed by atoms with Gasteiger partial charge in [0.15, 0.2) is 0 Å². The third kappa shape index (κ3) is 8.25. The van der Waals surface area contributed by atoms with Crippen LogP contribution in [0.5, 0.6) is 0 Å². The van der Waals surface area contributed by atoms with Gasteiger partial charge in [-0.05, 0) is 6.42 Å². The fourth-order valence-corrected chi connectivity index (χ4v) is 3.10. The van der Waals surface area contributed by atoms with Crippen molar-refractivity contribution in [3.63, 3.8) is 0 Å². The molecule has 0 aliphatic rings. The number of aromatic nitrogens is 1. The van der Waals surface area contributed by atoms with E-state index in [2.05, 4.69) is 6.92 Å². The minimum atomic E-state index is 0.164. The van der Waals surface area contributed by atoms with Crippen molar-refractivity contribution in [2.24, 2.45) is 0 Å². The lowest BCUT2D eigenvalue weighted by Crippen LogP contribution is -2.11. The summed E-state index contributed by atoms with van der Waals surface area (Å²) in [5.41, 5.74) is 0.164. The molecule has 19 heavy (non-hydrogen) atoms. The Morgan fingerprint density at radius 3 is 1.89 bits per heavy atom. The van der Waals surface area contributed by atoms with Crippen LogP contribution in [0.15, 0.2) is 16.2 Å². The first kappa shape index (κ1) is 16.5. The van der Waals surface area contributed by atoms with Gasteiger partial charge in [0.25, 0.3) is 5.56 Å². The second-order valence-electron chi connectivity index (χ2n) is 5.38. The Morgan fingerprint density at radius 1 is 0.895 bits per heavy atom. The summed E-state index contributed by atoms with van der Waals surface area (Å²) in [4.78, 5) is 11.3. The van der Waals surface area contributed by atoms with E-state index in [9.17, 15) is 4.79 Å². The van der Waals surface area contributed by atoms with Crippen molar-refractivity contribution >= 4 is 11.5 Å². The molecule has 0 atom stereocenters. The molecule has 0 N–H and O–H groups in total. The van der Waals surface area contributed by atoms with Crippen molar-refractivity contribution in [3.8, 4) is 0 Å². The van der Waals surface area contributed by atoms with Gasteiger partial charge >= 0.3 is 0 Å². The molecular weight excluding hydrogens is 254 g/mol. The largest absolute Gasteiger partial charge is 0.268 e. The summed E-state index contributed by atoms with van der Waals surface area (Å²) in [5, 5.41) is 1.88. The van der Waals surface area contributed by atoms with Crippen molar-refractivity contribution in [1.82, 2.24) is 3.96 Å². The summed E-state index contributed by atoms with van der Waals surface area (Å²) in [6.07, 6.45) is 14.9. The summed E-state index contributed by atoms with van der Waals surface area (Å²) >= 11 is 1.54. The number of nitrogens with zero attached hydrogens (tertiary/aromatic N) is 1. The van der Waals surface area contributed by atoms with Crippen molar-refractivity contribution in [2.45, 2.75) is 84.1 Å². The molecule has 110 valence electrons. The lowest BCUT2D eigenvalue weighted by Gasteiger charge is -2.03. The zero-order chi connectivity index (χ0) is 13.8. The molecule has 2 nitrogen and oxygen atoms in total. The van der Waals surface area contributed by atoms with Crippen LogP contribution in [0.25, 0.3) is 0 Å². The van der Waals surface area contributed by atoms with E-state index >= 15 is 0 Å². The molecule has 0 aliphatic carbocycles. The Balaban J connectivity index is 1.81. The first-order valence-electron chi connectivity index (χ1n) is 7.99. The number of hydrogen-bond donors (Lipinski definition) is 0. The molecule has 0 radical (unpaired) electrons. The van der Waals surface area contributed by atoms with Gasteiger partial charge in [-0.25, -0.2) is 0 Å². The maximum atomic E-state index is 11.3. The van der Waals surface area contributed by atoms with Gasteiger partial charge < -0.3 is 0 Å². The molecule has 3 heteroatoms. The molecule has 1 aromatic heterocycles. The Bertz CT molecular complexity index is 356. The third-order valence-electron chi connectivity index (χ3n) is 3.61. The van der Waals surface area contributed by atoms with Gasteiger partial charge in [0.2, 0.25) is 0 Å². The first-order chi connectivity index (χ1) is 9.34. The van der Waals surface area contributed by atoms with Gasteiger partial charge in [0.1, 0.15) is 0 Å². The number of unbranched alkanes of at least 4 members (excludes halogenated alkanes) is 10. The molecule has 0 unspecified atom stereocenters. The molecule has 0 amide bonds. The van der Waals surface area contributed by atoms with Crippen LogP contribution in [0, 0.1) is 0 Å². The molecule has 1 aromatic rings. The van der Waals surface area contributed by atoms with E-state index in [0.29, 0.717) is 0 Å². The highest BCUT2D eigenvalue weighted by Gasteiger charge is 1.96. The summed E-state index contributed by atoms with van der Waals surface area (Å²) in [6, 6.07) is 1.66. The highest BCUT2D eigenvalue weighted by molar-refractivity contribution is 7.04. The van der Waals surface area contributed by atoms with E-state index in [-0.39, 0.29) is 5.56 Å². The smallest absolute Gasteiger partial charge is 0.260 e. The molecule has 0 aliphatic heterocycles. The molecule has 0 spiro atoms. The summed E-state index contributed by atoms with van der Waals surface area (Å²) < 4.78 is 1.85. The van der Waals surface area contributed by atoms with E-state index in [1.165, 1.54) is 75.7 Å². The highest BCUT2D eigenvalue weighted by Crippen LogP contribution is 2.11. The molecule has 0 fully saturated rings. The predicted octanol–water partition coefficient (Wildman–Crippen LogP) is 5.22. The molecule has 0 bridgehead atoms. The van der Waals surface area contributed by atoms with E-state index in [0.717, 1.165) is 13.0 Å². The molecule has 0 saturated heterocycles. The van der Waals surface area contributed by atoms with Crippen molar-refractivity contribution < 1.29 is 0 Å². The molecule has 0 saturated carbocycles. The zero-order valence-corrected chi connectivity index (χ0v) is 13.2. The molecule has 1 rings (SSSR count). The first-order valence-corrected chi connectivity index (χ1v) is 8.83. The van der Waals surface area contributed by atoms with E-state index in [1.54, 1.807) is 6.07 Å². The summed E-state index contributed by atoms with van der Waals surface area (Å²) in [5.74, 6) is 0. The van der Waals surface area contributed by atoms with E-state index < -0.39 is 0 Å². The quantitative estimate of drug-likeness (QED) is 0.482. The Hall–Kier alpha value is -0.570. The van der Waals surface area contributed by atoms with Gasteiger partial charge in [0.05, 0.1) is 0 Å². The maximum Gasteiger partial charge on any atom is 0.260 e. The van der Waals surface area contributed by atoms with E-state index in [1.807, 2.05) is 9.34 Å². The zero-order valence-electron chi connectivity index (χ0n) is 12.4. The molecular formula is C16H29NOS. The van der Waals surface area contributed by atoms with E-state index in [4.69, 9.17) is 0 Å². The lowest BCUT2D eigenvalue weighted by atomic mass is 10.1. The van der Waals surface area contributed by atoms with Gasteiger partial charge in [-0.2, -0.15) is 0 Å². The van der Waals surface area contributed by atoms with Crippen LogP contribution in [0.2, 0.25) is 0 Å². The Morgan fingerprint density at radius 2 is 1.42 bits per heavy atom. The average Bonchev–Trinajstić information content (AvgIpc) is 2.82. The van der Waals surface area contributed by atoms with Crippen LogP contribution in [-0.2, 0) is 6.54 Å². The monoisotopic (exact) mass is 283 g/mol. The van der Waals surface area contributed by atoms with Crippen molar-refractivity contribution in [2.75, 3.05) is 0 Å². The van der Waals surface area contributed by atoms with Gasteiger partial charge in [-0.15, -0.1) is 0 Å². The van der Waals surface area contributed by atoms with Crippen LogP contribution >= 0.6 is 11.5 Å². The Kier molecular flexibility index (Phi) is 9.78. The van der Waals surface area contributed by atoms with Gasteiger partial charge in [-0.1, -0.05) is 82.7 Å². The fraction of sp³-hybridized carbons (Fsp3) is 0.812. The highest BCUT2D eigenvalue weighted by atomic mass is 32.1. The van der Waals surface area contributed by atoms with Gasteiger partial charge in [0, 0.05) is 18.0 Å². The third-order valence-corrected chi connectivity index (χ3v) is 4.48. The van der Waals surface area contributed by atoms with Crippen LogP contribution in [-0.4, -0.2) is 3.96 Å². The van der Waals surface area contributed by atoms with Crippen LogP contribution < -0.4 is 5.56 Å². The standard InChI is InChI=1S/C16H29NOS/c1-2-3-4-5-6-7-8-9-10-11-12-14-17-16(18)13-15-19-17/h13,15H,2-12,14H2,1H3. The van der Waals surface area contributed by atoms with Crippen molar-refractivity contribution in [1.29, 1.82) is 0 Å². The number of rotatable bonds is 12. The van der Waals surface area contributed by atoms with Gasteiger partial charge in [-0.3, -0.25) is 8.75 Å². The summed E-state index contributed by atoms with van der Waals surface area (Å²) in [6.45, 7) is 3.18.